The Kier molecular flexibility index (Phi) is 3.02. The number of aromatic nitrogens is 2. The lowest BCUT2D eigenvalue weighted by Crippen LogP contribution is -1.97. The van der Waals surface area contributed by atoms with Crippen molar-refractivity contribution in [1.82, 2.24) is 9.97 Å². The molecule has 0 aliphatic heterocycles. The van der Waals surface area contributed by atoms with Crippen molar-refractivity contribution < 1.29 is 4.74 Å². The number of methoxy groups -OCH3 is 1. The van der Waals surface area contributed by atoms with Gasteiger partial charge in [0, 0.05) is 0 Å². The Morgan fingerprint density at radius 3 is 2.58 bits per heavy atom. The van der Waals surface area contributed by atoms with Gasteiger partial charge in [0.05, 0.1) is 25.2 Å². The van der Waals surface area contributed by atoms with Gasteiger partial charge in [-0.15, -0.1) is 0 Å². The van der Waals surface area contributed by atoms with Gasteiger partial charge in [-0.3, -0.25) is 4.98 Å². The van der Waals surface area contributed by atoms with E-state index in [-0.39, 0.29) is 0 Å². The van der Waals surface area contributed by atoms with Crippen LogP contribution < -0.4 is 4.74 Å². The highest BCUT2D eigenvalue weighted by molar-refractivity contribution is 5.09. The second-order valence-corrected chi connectivity index (χ2v) is 2.79. The lowest BCUT2D eigenvalue weighted by molar-refractivity contribution is 0.394. The smallest absolute Gasteiger partial charge is 0.231 e. The van der Waals surface area contributed by atoms with Crippen molar-refractivity contribution >= 4 is 0 Å². The molecular formula is C9H14N2O. The van der Waals surface area contributed by atoms with Crippen LogP contribution in [-0.4, -0.2) is 17.1 Å². The Bertz CT molecular complexity index is 233. The standard InChI is InChI=1S/C9H14N2O/c1-4-7(2)8-5-11-9(12-3)6-10-8/h5-7H,4H2,1-3H3. The first-order chi connectivity index (χ1) is 5.77. The predicted molar refractivity (Wildman–Crippen MR) is 47.3 cm³/mol. The van der Waals surface area contributed by atoms with Crippen LogP contribution in [0, 0.1) is 0 Å². The molecule has 12 heavy (non-hydrogen) atoms. The van der Waals surface area contributed by atoms with Crippen LogP contribution in [0.2, 0.25) is 0 Å². The second-order valence-electron chi connectivity index (χ2n) is 2.79. The molecule has 0 bridgehead atoms. The van der Waals surface area contributed by atoms with Gasteiger partial charge in [0.15, 0.2) is 0 Å². The predicted octanol–water partition coefficient (Wildman–Crippen LogP) is 2.00. The van der Waals surface area contributed by atoms with Crippen molar-refractivity contribution in [2.45, 2.75) is 26.2 Å². The maximum Gasteiger partial charge on any atom is 0.231 e. The zero-order valence-corrected chi connectivity index (χ0v) is 7.74. The largest absolute Gasteiger partial charge is 0.480 e. The normalized spacial score (nSPS) is 12.6. The first-order valence-corrected chi connectivity index (χ1v) is 4.13. The third-order valence-corrected chi connectivity index (χ3v) is 1.97. The Labute approximate surface area is 72.8 Å². The molecule has 3 nitrogen and oxygen atoms in total. The van der Waals surface area contributed by atoms with E-state index in [0.717, 1.165) is 12.1 Å². The molecule has 1 aromatic rings. The van der Waals surface area contributed by atoms with Crippen molar-refractivity contribution in [1.29, 1.82) is 0 Å². The minimum Gasteiger partial charge on any atom is -0.480 e. The number of hydrogen-bond acceptors (Lipinski definition) is 3. The van der Waals surface area contributed by atoms with Gasteiger partial charge in [-0.25, -0.2) is 4.98 Å². The van der Waals surface area contributed by atoms with E-state index in [4.69, 9.17) is 4.74 Å². The number of ether oxygens (including phenoxy) is 1. The molecule has 0 radical (unpaired) electrons. The molecule has 0 fully saturated rings. The highest BCUT2D eigenvalue weighted by atomic mass is 16.5. The van der Waals surface area contributed by atoms with E-state index >= 15 is 0 Å². The summed E-state index contributed by atoms with van der Waals surface area (Å²) in [7, 11) is 1.59. The Morgan fingerprint density at radius 1 is 1.42 bits per heavy atom. The van der Waals surface area contributed by atoms with Crippen LogP contribution >= 0.6 is 0 Å². The van der Waals surface area contributed by atoms with Crippen LogP contribution in [0.4, 0.5) is 0 Å². The van der Waals surface area contributed by atoms with E-state index in [0.29, 0.717) is 11.8 Å². The lowest BCUT2D eigenvalue weighted by Gasteiger charge is -2.06. The molecule has 0 saturated heterocycles. The van der Waals surface area contributed by atoms with E-state index in [2.05, 4.69) is 23.8 Å². The third kappa shape index (κ3) is 1.94. The van der Waals surface area contributed by atoms with Gasteiger partial charge in [-0.1, -0.05) is 13.8 Å². The summed E-state index contributed by atoms with van der Waals surface area (Å²) < 4.78 is 4.91. The minimum atomic E-state index is 0.475. The number of nitrogens with zero attached hydrogens (tertiary/aromatic N) is 2. The summed E-state index contributed by atoms with van der Waals surface area (Å²) in [5.41, 5.74) is 1.03. The van der Waals surface area contributed by atoms with Crippen LogP contribution in [0.3, 0.4) is 0 Å². The van der Waals surface area contributed by atoms with Crippen LogP contribution in [-0.2, 0) is 0 Å². The quantitative estimate of drug-likeness (QED) is 0.688. The maximum atomic E-state index is 4.91. The molecule has 1 atom stereocenters. The number of rotatable bonds is 3. The molecule has 1 heterocycles. The summed E-state index contributed by atoms with van der Waals surface area (Å²) in [4.78, 5) is 8.31. The van der Waals surface area contributed by atoms with Crippen molar-refractivity contribution in [3.05, 3.63) is 18.1 Å². The summed E-state index contributed by atoms with van der Waals surface area (Å²) in [6.45, 7) is 4.27. The Hall–Kier alpha value is -1.12. The van der Waals surface area contributed by atoms with E-state index in [1.807, 2.05) is 0 Å². The summed E-state index contributed by atoms with van der Waals surface area (Å²) >= 11 is 0. The number of hydrogen-bond donors (Lipinski definition) is 0. The maximum absolute atomic E-state index is 4.91. The van der Waals surface area contributed by atoms with Gasteiger partial charge in [0.2, 0.25) is 5.88 Å². The molecule has 1 rings (SSSR count). The molecule has 3 heteroatoms. The van der Waals surface area contributed by atoms with Crippen LogP contribution in [0.5, 0.6) is 5.88 Å². The molecule has 0 amide bonds. The van der Waals surface area contributed by atoms with Gasteiger partial charge in [0.25, 0.3) is 0 Å². The second kappa shape index (κ2) is 4.04. The van der Waals surface area contributed by atoms with E-state index in [9.17, 15) is 0 Å². The van der Waals surface area contributed by atoms with Gasteiger partial charge >= 0.3 is 0 Å². The fourth-order valence-electron chi connectivity index (χ4n) is 0.895. The first-order valence-electron chi connectivity index (χ1n) is 4.13. The summed E-state index contributed by atoms with van der Waals surface area (Å²) in [5, 5.41) is 0. The third-order valence-electron chi connectivity index (χ3n) is 1.97. The molecule has 0 aliphatic rings. The zero-order chi connectivity index (χ0) is 8.97. The fourth-order valence-corrected chi connectivity index (χ4v) is 0.895. The molecule has 0 saturated carbocycles. The molecule has 1 unspecified atom stereocenters. The summed E-state index contributed by atoms with van der Waals surface area (Å²) in [6, 6.07) is 0. The molecule has 0 aliphatic carbocycles. The average Bonchev–Trinajstić information content (AvgIpc) is 2.17. The molecule has 66 valence electrons. The minimum absolute atomic E-state index is 0.475. The molecule has 1 aromatic heterocycles. The van der Waals surface area contributed by atoms with Gasteiger partial charge in [-0.05, 0) is 12.3 Å². The average molecular weight is 166 g/mol. The Balaban J connectivity index is 2.77. The molecule has 0 aromatic carbocycles. The molecule has 0 N–H and O–H groups in total. The summed E-state index contributed by atoms with van der Waals surface area (Å²) in [5.74, 6) is 1.05. The van der Waals surface area contributed by atoms with Crippen LogP contribution in [0.15, 0.2) is 12.4 Å². The lowest BCUT2D eigenvalue weighted by atomic mass is 10.1. The molecule has 0 spiro atoms. The highest BCUT2D eigenvalue weighted by Crippen LogP contribution is 2.15. The first kappa shape index (κ1) is 8.97. The van der Waals surface area contributed by atoms with Gasteiger partial charge in [0.1, 0.15) is 0 Å². The topological polar surface area (TPSA) is 35.0 Å². The van der Waals surface area contributed by atoms with Gasteiger partial charge < -0.3 is 4.74 Å². The monoisotopic (exact) mass is 166 g/mol. The van der Waals surface area contributed by atoms with Gasteiger partial charge in [-0.2, -0.15) is 0 Å². The van der Waals surface area contributed by atoms with Crippen molar-refractivity contribution in [3.8, 4) is 5.88 Å². The Morgan fingerprint density at radius 2 is 2.17 bits per heavy atom. The van der Waals surface area contributed by atoms with E-state index < -0.39 is 0 Å². The van der Waals surface area contributed by atoms with Crippen molar-refractivity contribution in [2.75, 3.05) is 7.11 Å². The van der Waals surface area contributed by atoms with Crippen molar-refractivity contribution in [3.63, 3.8) is 0 Å². The highest BCUT2D eigenvalue weighted by Gasteiger charge is 2.04. The SMILES string of the molecule is CCC(C)c1cnc(OC)cn1. The van der Waals surface area contributed by atoms with E-state index in [1.165, 1.54) is 0 Å². The molecular weight excluding hydrogens is 152 g/mol. The van der Waals surface area contributed by atoms with E-state index in [1.54, 1.807) is 19.5 Å². The fraction of sp³-hybridized carbons (Fsp3) is 0.556. The van der Waals surface area contributed by atoms with Crippen molar-refractivity contribution in [2.24, 2.45) is 0 Å². The summed E-state index contributed by atoms with van der Waals surface area (Å²) in [6.07, 6.45) is 4.51. The van der Waals surface area contributed by atoms with Crippen LogP contribution in [0.25, 0.3) is 0 Å². The van der Waals surface area contributed by atoms with Crippen LogP contribution in [0.1, 0.15) is 31.9 Å². The zero-order valence-electron chi connectivity index (χ0n) is 7.74.